The largest absolute Gasteiger partial charge is 0.479 e. The van der Waals surface area contributed by atoms with E-state index >= 15 is 0 Å². The van der Waals surface area contributed by atoms with Gasteiger partial charge >= 0.3 is 0 Å². The number of ether oxygens (including phenoxy) is 1. The first-order chi connectivity index (χ1) is 7.69. The Morgan fingerprint density at radius 1 is 1.50 bits per heavy atom. The van der Waals surface area contributed by atoms with Crippen LogP contribution in [0.5, 0.6) is 5.88 Å². The second-order valence-corrected chi connectivity index (χ2v) is 4.79. The van der Waals surface area contributed by atoms with Gasteiger partial charge in [0.05, 0.1) is 12.9 Å². The Morgan fingerprint density at radius 3 is 2.81 bits per heavy atom. The normalized spacial score (nSPS) is 12.2. The SMILES string of the molecule is CCC(C)SCC(=O)c1nccnc1OC. The lowest BCUT2D eigenvalue weighted by Crippen LogP contribution is -2.10. The van der Waals surface area contributed by atoms with E-state index in [0.29, 0.717) is 22.6 Å². The predicted molar refractivity (Wildman–Crippen MR) is 65.1 cm³/mol. The lowest BCUT2D eigenvalue weighted by molar-refractivity contribution is 0.101. The van der Waals surface area contributed by atoms with Gasteiger partial charge in [0.15, 0.2) is 11.5 Å². The van der Waals surface area contributed by atoms with E-state index in [1.807, 2.05) is 0 Å². The molecule has 16 heavy (non-hydrogen) atoms. The highest BCUT2D eigenvalue weighted by Gasteiger charge is 2.15. The number of hydrogen-bond acceptors (Lipinski definition) is 5. The van der Waals surface area contributed by atoms with Crippen LogP contribution in [0.3, 0.4) is 0 Å². The summed E-state index contributed by atoms with van der Waals surface area (Å²) in [4.78, 5) is 19.8. The molecule has 0 saturated carbocycles. The molecule has 0 fully saturated rings. The van der Waals surface area contributed by atoms with Gasteiger partial charge in [0.1, 0.15) is 0 Å². The maximum atomic E-state index is 11.8. The standard InChI is InChI=1S/C11H16N2O2S/c1-4-8(2)16-7-9(14)10-11(15-3)13-6-5-12-10/h5-6,8H,4,7H2,1-3H3. The molecule has 1 aromatic heterocycles. The summed E-state index contributed by atoms with van der Waals surface area (Å²) in [6.45, 7) is 4.21. The van der Waals surface area contributed by atoms with E-state index in [2.05, 4.69) is 23.8 Å². The number of methoxy groups -OCH3 is 1. The van der Waals surface area contributed by atoms with E-state index in [-0.39, 0.29) is 5.78 Å². The van der Waals surface area contributed by atoms with Crippen LogP contribution in [-0.4, -0.2) is 33.9 Å². The first-order valence-corrected chi connectivity index (χ1v) is 6.23. The van der Waals surface area contributed by atoms with E-state index in [1.165, 1.54) is 19.5 Å². The molecule has 0 spiro atoms. The summed E-state index contributed by atoms with van der Waals surface area (Å²) in [5.41, 5.74) is 0.320. The molecule has 1 atom stereocenters. The van der Waals surface area contributed by atoms with Gasteiger partial charge in [-0.05, 0) is 6.42 Å². The molecule has 5 heteroatoms. The highest BCUT2D eigenvalue weighted by Crippen LogP contribution is 2.18. The first kappa shape index (κ1) is 13.0. The Kier molecular flexibility index (Phi) is 5.25. The second-order valence-electron chi connectivity index (χ2n) is 3.37. The van der Waals surface area contributed by atoms with Crippen molar-refractivity contribution < 1.29 is 9.53 Å². The highest BCUT2D eigenvalue weighted by atomic mass is 32.2. The van der Waals surface area contributed by atoms with Crippen LogP contribution in [0.1, 0.15) is 30.8 Å². The van der Waals surface area contributed by atoms with Crippen molar-refractivity contribution in [3.8, 4) is 5.88 Å². The molecule has 88 valence electrons. The Bertz CT molecular complexity index is 358. The minimum atomic E-state index is -0.0322. The molecule has 0 aliphatic heterocycles. The quantitative estimate of drug-likeness (QED) is 0.713. The zero-order valence-electron chi connectivity index (χ0n) is 9.77. The molecule has 0 N–H and O–H groups in total. The van der Waals surface area contributed by atoms with Crippen molar-refractivity contribution in [1.82, 2.24) is 9.97 Å². The maximum Gasteiger partial charge on any atom is 0.243 e. The van der Waals surface area contributed by atoms with Gasteiger partial charge in [0.2, 0.25) is 5.88 Å². The molecule has 1 rings (SSSR count). The minimum Gasteiger partial charge on any atom is -0.479 e. The molecule has 0 aliphatic rings. The van der Waals surface area contributed by atoms with Crippen molar-refractivity contribution in [2.45, 2.75) is 25.5 Å². The van der Waals surface area contributed by atoms with Crippen LogP contribution in [-0.2, 0) is 0 Å². The molecule has 0 radical (unpaired) electrons. The number of Topliss-reactive ketones (excluding diaryl/α,β-unsaturated/α-hetero) is 1. The van der Waals surface area contributed by atoms with E-state index in [1.54, 1.807) is 11.8 Å². The molecule has 1 aromatic rings. The highest BCUT2D eigenvalue weighted by molar-refractivity contribution is 8.00. The topological polar surface area (TPSA) is 52.1 Å². The average molecular weight is 240 g/mol. The Hall–Kier alpha value is -1.10. The van der Waals surface area contributed by atoms with Crippen LogP contribution in [0.15, 0.2) is 12.4 Å². The molecule has 0 saturated heterocycles. The van der Waals surface area contributed by atoms with E-state index in [0.717, 1.165) is 6.42 Å². The van der Waals surface area contributed by atoms with Gasteiger partial charge in [-0.25, -0.2) is 9.97 Å². The van der Waals surface area contributed by atoms with Crippen molar-refractivity contribution >= 4 is 17.5 Å². The van der Waals surface area contributed by atoms with Gasteiger partial charge in [-0.2, -0.15) is 11.8 Å². The summed E-state index contributed by atoms with van der Waals surface area (Å²) in [7, 11) is 1.49. The maximum absolute atomic E-state index is 11.8. The van der Waals surface area contributed by atoms with Crippen LogP contribution in [0.25, 0.3) is 0 Å². The number of carbonyl (C=O) groups is 1. The third-order valence-corrected chi connectivity index (χ3v) is 3.53. The summed E-state index contributed by atoms with van der Waals surface area (Å²) in [6.07, 6.45) is 4.07. The molecular formula is C11H16N2O2S. The third-order valence-electron chi connectivity index (χ3n) is 2.20. The molecule has 4 nitrogen and oxygen atoms in total. The summed E-state index contributed by atoms with van der Waals surface area (Å²) in [5, 5.41) is 0.478. The van der Waals surface area contributed by atoms with Gasteiger partial charge in [-0.15, -0.1) is 0 Å². The third kappa shape index (κ3) is 3.48. The number of thioether (sulfide) groups is 1. The number of ketones is 1. The molecular weight excluding hydrogens is 224 g/mol. The Morgan fingerprint density at radius 2 is 2.19 bits per heavy atom. The van der Waals surface area contributed by atoms with Crippen molar-refractivity contribution in [3.05, 3.63) is 18.1 Å². The van der Waals surface area contributed by atoms with Crippen LogP contribution in [0.2, 0.25) is 0 Å². The first-order valence-electron chi connectivity index (χ1n) is 5.18. The number of rotatable bonds is 6. The van der Waals surface area contributed by atoms with Gasteiger partial charge in [0.25, 0.3) is 0 Å². The lowest BCUT2D eigenvalue weighted by Gasteiger charge is -2.08. The molecule has 1 heterocycles. The van der Waals surface area contributed by atoms with Crippen LogP contribution < -0.4 is 4.74 Å². The molecule has 0 bridgehead atoms. The van der Waals surface area contributed by atoms with Crippen LogP contribution in [0, 0.1) is 0 Å². The summed E-state index contributed by atoms with van der Waals surface area (Å²) in [5.74, 6) is 0.692. The average Bonchev–Trinajstić information content (AvgIpc) is 2.35. The molecule has 0 amide bonds. The molecule has 0 aromatic carbocycles. The fourth-order valence-electron chi connectivity index (χ4n) is 1.07. The van der Waals surface area contributed by atoms with E-state index in [4.69, 9.17) is 4.74 Å². The zero-order valence-corrected chi connectivity index (χ0v) is 10.6. The zero-order chi connectivity index (χ0) is 12.0. The van der Waals surface area contributed by atoms with Crippen molar-refractivity contribution in [2.75, 3.05) is 12.9 Å². The van der Waals surface area contributed by atoms with Gasteiger partial charge in [-0.3, -0.25) is 4.79 Å². The van der Waals surface area contributed by atoms with Crippen molar-refractivity contribution in [2.24, 2.45) is 0 Å². The van der Waals surface area contributed by atoms with Crippen LogP contribution >= 0.6 is 11.8 Å². The van der Waals surface area contributed by atoms with E-state index < -0.39 is 0 Å². The molecule has 0 aliphatic carbocycles. The minimum absolute atomic E-state index is 0.0322. The van der Waals surface area contributed by atoms with Gasteiger partial charge < -0.3 is 4.74 Å². The van der Waals surface area contributed by atoms with Crippen molar-refractivity contribution in [1.29, 1.82) is 0 Å². The van der Waals surface area contributed by atoms with E-state index in [9.17, 15) is 4.79 Å². The summed E-state index contributed by atoms with van der Waals surface area (Å²) < 4.78 is 5.00. The number of aromatic nitrogens is 2. The van der Waals surface area contributed by atoms with Gasteiger partial charge in [-0.1, -0.05) is 13.8 Å². The smallest absolute Gasteiger partial charge is 0.243 e. The Balaban J connectivity index is 2.65. The number of hydrogen-bond donors (Lipinski definition) is 0. The lowest BCUT2D eigenvalue weighted by atomic mass is 10.3. The summed E-state index contributed by atoms with van der Waals surface area (Å²) in [6, 6.07) is 0. The fraction of sp³-hybridized carbons (Fsp3) is 0.545. The predicted octanol–water partition coefficient (Wildman–Crippen LogP) is 2.20. The molecule has 1 unspecified atom stereocenters. The van der Waals surface area contributed by atoms with Gasteiger partial charge in [0, 0.05) is 17.6 Å². The Labute approximate surface area is 99.8 Å². The summed E-state index contributed by atoms with van der Waals surface area (Å²) >= 11 is 1.63. The van der Waals surface area contributed by atoms with Crippen LogP contribution in [0.4, 0.5) is 0 Å². The van der Waals surface area contributed by atoms with Crippen molar-refractivity contribution in [3.63, 3.8) is 0 Å². The second kappa shape index (κ2) is 6.48. The number of nitrogens with zero attached hydrogens (tertiary/aromatic N) is 2. The monoisotopic (exact) mass is 240 g/mol. The fourth-order valence-corrected chi connectivity index (χ4v) is 1.88. The number of carbonyl (C=O) groups excluding carboxylic acids is 1.